The van der Waals surface area contributed by atoms with Crippen LogP contribution in [0.1, 0.15) is 34.7 Å². The summed E-state index contributed by atoms with van der Waals surface area (Å²) >= 11 is 0. The number of fused-ring (bicyclic) bond motifs is 1. The van der Waals surface area contributed by atoms with Crippen LogP contribution in [0, 0.1) is 5.92 Å². The summed E-state index contributed by atoms with van der Waals surface area (Å²) in [5.41, 5.74) is 2.32. The Hall–Kier alpha value is -2.66. The van der Waals surface area contributed by atoms with Crippen LogP contribution in [0.5, 0.6) is 5.75 Å². The smallest absolute Gasteiger partial charge is 0.262 e. The number of para-hydroxylation sites is 2. The maximum atomic E-state index is 13.3. The molecule has 2 aromatic rings. The zero-order valence-electron chi connectivity index (χ0n) is 15.0. The summed E-state index contributed by atoms with van der Waals surface area (Å²) in [4.78, 5) is 27.8. The minimum atomic E-state index is -0.217. The molecule has 0 N–H and O–H groups in total. The van der Waals surface area contributed by atoms with Crippen LogP contribution in [0.2, 0.25) is 0 Å². The molecule has 2 atom stereocenters. The lowest BCUT2D eigenvalue weighted by Crippen LogP contribution is -2.32. The SMILES string of the molecule is O=C(C1CC1)C1CN(C(=O)c2ccccc2OCC2CO2)c2ccccc21. The first-order chi connectivity index (χ1) is 13.2. The number of Topliss-reactive ketones (excluding diaryl/α,β-unsaturated/α-hetero) is 1. The van der Waals surface area contributed by atoms with Crippen LogP contribution in [0.3, 0.4) is 0 Å². The van der Waals surface area contributed by atoms with E-state index >= 15 is 0 Å². The quantitative estimate of drug-likeness (QED) is 0.740. The van der Waals surface area contributed by atoms with Gasteiger partial charge in [0.25, 0.3) is 5.91 Å². The van der Waals surface area contributed by atoms with E-state index in [0.717, 1.165) is 24.1 Å². The molecule has 138 valence electrons. The largest absolute Gasteiger partial charge is 0.490 e. The van der Waals surface area contributed by atoms with Gasteiger partial charge in [0.1, 0.15) is 24.2 Å². The molecule has 0 spiro atoms. The molecule has 1 saturated carbocycles. The van der Waals surface area contributed by atoms with Crippen molar-refractivity contribution in [3.63, 3.8) is 0 Å². The molecule has 3 aliphatic rings. The summed E-state index contributed by atoms with van der Waals surface area (Å²) in [6.07, 6.45) is 2.08. The molecular weight excluding hydrogens is 342 g/mol. The van der Waals surface area contributed by atoms with E-state index in [-0.39, 0.29) is 29.6 Å². The van der Waals surface area contributed by atoms with Gasteiger partial charge in [-0.1, -0.05) is 30.3 Å². The number of ether oxygens (including phenoxy) is 2. The number of benzene rings is 2. The zero-order valence-corrected chi connectivity index (χ0v) is 15.0. The Bertz CT molecular complexity index is 901. The molecule has 1 amide bonds. The van der Waals surface area contributed by atoms with Crippen molar-refractivity contribution in [3.05, 3.63) is 59.7 Å². The van der Waals surface area contributed by atoms with Crippen LogP contribution in [0.4, 0.5) is 5.69 Å². The van der Waals surface area contributed by atoms with Crippen molar-refractivity contribution in [1.82, 2.24) is 0 Å². The average molecular weight is 363 g/mol. The lowest BCUT2D eigenvalue weighted by molar-refractivity contribution is -0.121. The van der Waals surface area contributed by atoms with Gasteiger partial charge in [0.15, 0.2) is 0 Å². The number of rotatable bonds is 6. The number of ketones is 1. The summed E-state index contributed by atoms with van der Waals surface area (Å²) in [6.45, 7) is 1.57. The van der Waals surface area contributed by atoms with E-state index in [9.17, 15) is 9.59 Å². The molecular formula is C22H21NO4. The Balaban J connectivity index is 1.44. The van der Waals surface area contributed by atoms with Gasteiger partial charge in [0, 0.05) is 18.2 Å². The predicted octanol–water partition coefficient (Wildman–Crippen LogP) is 3.19. The number of nitrogens with zero attached hydrogens (tertiary/aromatic N) is 1. The van der Waals surface area contributed by atoms with Crippen LogP contribution in [0.25, 0.3) is 0 Å². The molecule has 5 rings (SSSR count). The second-order valence-corrected chi connectivity index (χ2v) is 7.47. The number of hydrogen-bond donors (Lipinski definition) is 0. The minimum Gasteiger partial charge on any atom is -0.490 e. The van der Waals surface area contributed by atoms with Crippen LogP contribution < -0.4 is 9.64 Å². The summed E-state index contributed by atoms with van der Waals surface area (Å²) < 4.78 is 11.0. The first-order valence-electron chi connectivity index (χ1n) is 9.50. The number of amides is 1. The highest BCUT2D eigenvalue weighted by Gasteiger charge is 2.42. The lowest BCUT2D eigenvalue weighted by Gasteiger charge is -2.19. The van der Waals surface area contributed by atoms with Gasteiger partial charge in [-0.3, -0.25) is 9.59 Å². The third-order valence-electron chi connectivity index (χ3n) is 5.48. The molecule has 1 saturated heterocycles. The minimum absolute atomic E-state index is 0.124. The highest BCUT2D eigenvalue weighted by molar-refractivity contribution is 6.11. The second-order valence-electron chi connectivity index (χ2n) is 7.47. The Morgan fingerprint density at radius 2 is 1.81 bits per heavy atom. The van der Waals surface area contributed by atoms with Crippen LogP contribution >= 0.6 is 0 Å². The molecule has 27 heavy (non-hydrogen) atoms. The van der Waals surface area contributed by atoms with Gasteiger partial charge in [0.2, 0.25) is 0 Å². The van der Waals surface area contributed by atoms with Crippen molar-refractivity contribution >= 4 is 17.4 Å². The van der Waals surface area contributed by atoms with E-state index in [1.54, 1.807) is 11.0 Å². The number of carbonyl (C=O) groups is 2. The normalized spacial score (nSPS) is 23.0. The molecule has 0 radical (unpaired) electrons. The van der Waals surface area contributed by atoms with Crippen LogP contribution in [0.15, 0.2) is 48.5 Å². The van der Waals surface area contributed by atoms with E-state index in [0.29, 0.717) is 31.1 Å². The summed E-state index contributed by atoms with van der Waals surface area (Å²) in [7, 11) is 0. The van der Waals surface area contributed by atoms with Gasteiger partial charge in [-0.2, -0.15) is 0 Å². The fourth-order valence-corrected chi connectivity index (χ4v) is 3.76. The summed E-state index contributed by atoms with van der Waals surface area (Å²) in [5, 5.41) is 0. The molecule has 2 aliphatic heterocycles. The third-order valence-corrected chi connectivity index (χ3v) is 5.48. The average Bonchev–Trinajstić information content (AvgIpc) is 3.62. The monoisotopic (exact) mass is 363 g/mol. The van der Waals surface area contributed by atoms with E-state index in [2.05, 4.69) is 0 Å². The number of anilines is 1. The highest BCUT2D eigenvalue weighted by atomic mass is 16.6. The first-order valence-corrected chi connectivity index (χ1v) is 9.50. The Labute approximate surface area is 157 Å². The second kappa shape index (κ2) is 6.50. The van der Waals surface area contributed by atoms with Gasteiger partial charge in [-0.25, -0.2) is 0 Å². The van der Waals surface area contributed by atoms with Gasteiger partial charge in [0.05, 0.1) is 18.1 Å². The summed E-state index contributed by atoms with van der Waals surface area (Å²) in [5.74, 6) is 0.666. The van der Waals surface area contributed by atoms with Crippen molar-refractivity contribution < 1.29 is 19.1 Å². The Morgan fingerprint density at radius 1 is 1.07 bits per heavy atom. The maximum absolute atomic E-state index is 13.3. The van der Waals surface area contributed by atoms with E-state index in [1.165, 1.54) is 0 Å². The first kappa shape index (κ1) is 16.5. The van der Waals surface area contributed by atoms with Crippen molar-refractivity contribution in [3.8, 4) is 5.75 Å². The topological polar surface area (TPSA) is 59.1 Å². The summed E-state index contributed by atoms with van der Waals surface area (Å²) in [6, 6.07) is 15.0. The standard InChI is InChI=1S/C22H21NO4/c24-21(14-9-10-14)18-11-23(19-7-3-1-5-16(18)19)22(25)17-6-2-4-8-20(17)27-13-15-12-26-15/h1-8,14-15,18H,9-13H2. The van der Waals surface area contributed by atoms with E-state index in [1.807, 2.05) is 42.5 Å². The van der Waals surface area contributed by atoms with Crippen molar-refractivity contribution in [1.29, 1.82) is 0 Å². The van der Waals surface area contributed by atoms with E-state index < -0.39 is 0 Å². The fraction of sp³-hybridized carbons (Fsp3) is 0.364. The van der Waals surface area contributed by atoms with Crippen molar-refractivity contribution in [2.75, 3.05) is 24.7 Å². The van der Waals surface area contributed by atoms with Crippen LogP contribution in [-0.4, -0.2) is 37.6 Å². The fourth-order valence-electron chi connectivity index (χ4n) is 3.76. The van der Waals surface area contributed by atoms with Gasteiger partial charge in [-0.05, 0) is 36.6 Å². The third kappa shape index (κ3) is 3.12. The van der Waals surface area contributed by atoms with Gasteiger partial charge < -0.3 is 14.4 Å². The highest BCUT2D eigenvalue weighted by Crippen LogP contribution is 2.43. The number of hydrogen-bond acceptors (Lipinski definition) is 4. The molecule has 1 aliphatic carbocycles. The number of carbonyl (C=O) groups excluding carboxylic acids is 2. The zero-order chi connectivity index (χ0) is 18.4. The van der Waals surface area contributed by atoms with Crippen molar-refractivity contribution in [2.24, 2.45) is 5.92 Å². The van der Waals surface area contributed by atoms with E-state index in [4.69, 9.17) is 9.47 Å². The molecule has 2 fully saturated rings. The molecule has 5 nitrogen and oxygen atoms in total. The Morgan fingerprint density at radius 3 is 2.59 bits per heavy atom. The van der Waals surface area contributed by atoms with Gasteiger partial charge in [-0.15, -0.1) is 0 Å². The Kier molecular flexibility index (Phi) is 3.97. The molecule has 0 aromatic heterocycles. The molecule has 2 heterocycles. The van der Waals surface area contributed by atoms with Crippen LogP contribution in [-0.2, 0) is 9.53 Å². The molecule has 2 unspecified atom stereocenters. The van der Waals surface area contributed by atoms with Crippen molar-refractivity contribution in [2.45, 2.75) is 24.9 Å². The maximum Gasteiger partial charge on any atom is 0.262 e. The van der Waals surface area contributed by atoms with Gasteiger partial charge >= 0.3 is 0 Å². The molecule has 0 bridgehead atoms. The molecule has 2 aromatic carbocycles. The molecule has 5 heteroatoms. The lowest BCUT2D eigenvalue weighted by atomic mass is 9.94. The predicted molar refractivity (Wildman–Crippen MR) is 100 cm³/mol. The number of epoxide rings is 1.